The standard InChI is InChI=1S/C15H13Cl2O5P/c16-11-3-1-10(2-4-11)15(23(19,20)21)14(18)9-22-13-7-5-12(17)6-8-13/h1-8,15H,9H2,(H2,19,20,21). The van der Waals surface area contributed by atoms with Crippen LogP contribution in [-0.2, 0) is 9.36 Å². The highest BCUT2D eigenvalue weighted by Crippen LogP contribution is 2.52. The molecule has 1 atom stereocenters. The van der Waals surface area contributed by atoms with E-state index in [-0.39, 0.29) is 5.56 Å². The molecule has 2 rings (SSSR count). The van der Waals surface area contributed by atoms with E-state index < -0.39 is 25.6 Å². The average molecular weight is 375 g/mol. The molecule has 0 fully saturated rings. The molecule has 0 saturated carbocycles. The highest BCUT2D eigenvalue weighted by molar-refractivity contribution is 7.53. The van der Waals surface area contributed by atoms with E-state index in [1.165, 1.54) is 24.3 Å². The summed E-state index contributed by atoms with van der Waals surface area (Å²) in [5.74, 6) is -0.348. The lowest BCUT2D eigenvalue weighted by molar-refractivity contribution is -0.121. The molecule has 23 heavy (non-hydrogen) atoms. The number of halogens is 2. The first-order valence-electron chi connectivity index (χ1n) is 6.49. The third kappa shape index (κ3) is 5.06. The smallest absolute Gasteiger partial charge is 0.340 e. The number of ether oxygens (including phenoxy) is 1. The molecule has 0 aliphatic carbocycles. The number of hydrogen-bond donors (Lipinski definition) is 2. The molecule has 8 heteroatoms. The maximum atomic E-state index is 12.2. The van der Waals surface area contributed by atoms with Crippen LogP contribution in [0.2, 0.25) is 10.0 Å². The molecular formula is C15H13Cl2O5P. The molecule has 2 N–H and O–H groups in total. The van der Waals surface area contributed by atoms with Gasteiger partial charge in [-0.05, 0) is 42.0 Å². The Labute approximate surface area is 143 Å². The largest absolute Gasteiger partial charge is 0.486 e. The number of carbonyl (C=O) groups is 1. The van der Waals surface area contributed by atoms with Crippen molar-refractivity contribution < 1.29 is 23.9 Å². The number of rotatable bonds is 6. The van der Waals surface area contributed by atoms with Gasteiger partial charge in [-0.1, -0.05) is 35.3 Å². The van der Waals surface area contributed by atoms with Crippen LogP contribution in [0.3, 0.4) is 0 Å². The van der Waals surface area contributed by atoms with E-state index in [1.54, 1.807) is 24.3 Å². The zero-order valence-corrected chi connectivity index (χ0v) is 14.1. The monoisotopic (exact) mass is 374 g/mol. The highest BCUT2D eigenvalue weighted by atomic mass is 35.5. The van der Waals surface area contributed by atoms with E-state index in [9.17, 15) is 19.1 Å². The first kappa shape index (κ1) is 18.0. The molecule has 0 aromatic heterocycles. The second kappa shape index (κ2) is 7.47. The van der Waals surface area contributed by atoms with Crippen LogP contribution in [-0.4, -0.2) is 22.2 Å². The van der Waals surface area contributed by atoms with E-state index in [2.05, 4.69) is 0 Å². The summed E-state index contributed by atoms with van der Waals surface area (Å²) in [7, 11) is -4.69. The first-order chi connectivity index (χ1) is 10.8. The van der Waals surface area contributed by atoms with Crippen molar-refractivity contribution in [3.63, 3.8) is 0 Å². The fourth-order valence-corrected chi connectivity index (χ4v) is 3.24. The van der Waals surface area contributed by atoms with Gasteiger partial charge >= 0.3 is 7.60 Å². The van der Waals surface area contributed by atoms with Crippen LogP contribution in [0.25, 0.3) is 0 Å². The second-order valence-corrected chi connectivity index (χ2v) is 7.32. The maximum Gasteiger partial charge on any atom is 0.340 e. The molecule has 2 aromatic carbocycles. The van der Waals surface area contributed by atoms with Gasteiger partial charge < -0.3 is 14.5 Å². The van der Waals surface area contributed by atoms with Crippen LogP contribution < -0.4 is 4.74 Å². The van der Waals surface area contributed by atoms with Gasteiger partial charge in [-0.25, -0.2) is 0 Å². The van der Waals surface area contributed by atoms with Crippen LogP contribution in [0, 0.1) is 0 Å². The topological polar surface area (TPSA) is 83.8 Å². The molecule has 1 unspecified atom stereocenters. The molecule has 0 aliphatic heterocycles. The van der Waals surface area contributed by atoms with Gasteiger partial charge in [-0.15, -0.1) is 0 Å². The molecule has 0 amide bonds. The van der Waals surface area contributed by atoms with E-state index >= 15 is 0 Å². The first-order valence-corrected chi connectivity index (χ1v) is 8.93. The van der Waals surface area contributed by atoms with E-state index in [0.717, 1.165) is 0 Å². The summed E-state index contributed by atoms with van der Waals surface area (Å²) < 4.78 is 16.9. The van der Waals surface area contributed by atoms with Gasteiger partial charge in [0.25, 0.3) is 0 Å². The molecule has 0 bridgehead atoms. The Morgan fingerprint density at radius 3 is 1.96 bits per heavy atom. The van der Waals surface area contributed by atoms with Gasteiger partial charge in [0.15, 0.2) is 5.78 Å². The zero-order valence-electron chi connectivity index (χ0n) is 11.7. The van der Waals surface area contributed by atoms with Gasteiger partial charge in [0.05, 0.1) is 0 Å². The van der Waals surface area contributed by atoms with Crippen molar-refractivity contribution in [3.05, 3.63) is 64.1 Å². The van der Waals surface area contributed by atoms with Gasteiger partial charge in [0.2, 0.25) is 0 Å². The maximum absolute atomic E-state index is 12.2. The van der Waals surface area contributed by atoms with E-state index in [4.69, 9.17) is 27.9 Å². The number of ketones is 1. The van der Waals surface area contributed by atoms with Crippen molar-refractivity contribution in [2.24, 2.45) is 0 Å². The summed E-state index contributed by atoms with van der Waals surface area (Å²) in [5.41, 5.74) is -1.40. The minimum atomic E-state index is -4.69. The van der Waals surface area contributed by atoms with Crippen molar-refractivity contribution >= 4 is 36.6 Å². The quantitative estimate of drug-likeness (QED) is 0.750. The third-order valence-electron chi connectivity index (χ3n) is 3.02. The molecule has 0 heterocycles. The van der Waals surface area contributed by atoms with Crippen molar-refractivity contribution in [3.8, 4) is 5.75 Å². The summed E-state index contributed by atoms with van der Waals surface area (Å²) in [4.78, 5) is 31.2. The zero-order chi connectivity index (χ0) is 17.0. The summed E-state index contributed by atoms with van der Waals surface area (Å²) in [6, 6.07) is 12.0. The Morgan fingerprint density at radius 2 is 1.48 bits per heavy atom. The minimum absolute atomic E-state index is 0.187. The molecular weight excluding hydrogens is 362 g/mol. The Kier molecular flexibility index (Phi) is 5.84. The van der Waals surface area contributed by atoms with Crippen LogP contribution in [0.4, 0.5) is 0 Å². The molecule has 2 aromatic rings. The lowest BCUT2D eigenvalue weighted by Crippen LogP contribution is -2.20. The van der Waals surface area contributed by atoms with Crippen molar-refractivity contribution in [1.82, 2.24) is 0 Å². The summed E-state index contributed by atoms with van der Waals surface area (Å²) in [6.45, 7) is -0.472. The SMILES string of the molecule is O=C(COc1ccc(Cl)cc1)C(c1ccc(Cl)cc1)P(=O)(O)O. The van der Waals surface area contributed by atoms with Crippen LogP contribution in [0.5, 0.6) is 5.75 Å². The van der Waals surface area contributed by atoms with Gasteiger partial charge in [-0.3, -0.25) is 9.36 Å². The lowest BCUT2D eigenvalue weighted by Gasteiger charge is -2.18. The lowest BCUT2D eigenvalue weighted by atomic mass is 10.1. The number of hydrogen-bond acceptors (Lipinski definition) is 3. The Balaban J connectivity index is 2.16. The number of Topliss-reactive ketones (excluding diaryl/α,β-unsaturated/α-hetero) is 1. The Morgan fingerprint density at radius 1 is 1.00 bits per heavy atom. The fourth-order valence-electron chi connectivity index (χ4n) is 1.98. The van der Waals surface area contributed by atoms with Gasteiger partial charge in [0, 0.05) is 10.0 Å². The fraction of sp³-hybridized carbons (Fsp3) is 0.133. The molecule has 122 valence electrons. The second-order valence-electron chi connectivity index (χ2n) is 4.75. The average Bonchev–Trinajstić information content (AvgIpc) is 2.47. The van der Waals surface area contributed by atoms with Gasteiger partial charge in [0.1, 0.15) is 18.0 Å². The van der Waals surface area contributed by atoms with Crippen molar-refractivity contribution in [2.75, 3.05) is 6.61 Å². The van der Waals surface area contributed by atoms with Crippen LogP contribution >= 0.6 is 30.8 Å². The Hall–Kier alpha value is -1.36. The molecule has 0 saturated heterocycles. The van der Waals surface area contributed by atoms with Crippen LogP contribution in [0.1, 0.15) is 11.2 Å². The van der Waals surface area contributed by atoms with E-state index in [0.29, 0.717) is 15.8 Å². The molecule has 5 nitrogen and oxygen atoms in total. The minimum Gasteiger partial charge on any atom is -0.486 e. The van der Waals surface area contributed by atoms with Crippen molar-refractivity contribution in [1.29, 1.82) is 0 Å². The summed E-state index contributed by atoms with van der Waals surface area (Å²) in [6.07, 6.45) is 0. The predicted molar refractivity (Wildman–Crippen MR) is 88.2 cm³/mol. The Bertz CT molecular complexity index is 725. The number of benzene rings is 2. The van der Waals surface area contributed by atoms with Crippen LogP contribution in [0.15, 0.2) is 48.5 Å². The van der Waals surface area contributed by atoms with Gasteiger partial charge in [-0.2, -0.15) is 0 Å². The number of carbonyl (C=O) groups excluding carboxylic acids is 1. The third-order valence-corrected chi connectivity index (χ3v) is 4.78. The molecule has 0 radical (unpaired) electrons. The van der Waals surface area contributed by atoms with E-state index in [1.807, 2.05) is 0 Å². The normalized spacial score (nSPS) is 12.7. The van der Waals surface area contributed by atoms with Crippen molar-refractivity contribution in [2.45, 2.75) is 5.66 Å². The molecule has 0 aliphatic rings. The highest BCUT2D eigenvalue weighted by Gasteiger charge is 2.37. The predicted octanol–water partition coefficient (Wildman–Crippen LogP) is 3.86. The summed E-state index contributed by atoms with van der Waals surface area (Å²) in [5, 5.41) is 0.918. The molecule has 0 spiro atoms. The summed E-state index contributed by atoms with van der Waals surface area (Å²) >= 11 is 11.5.